The Bertz CT molecular complexity index is 415. The summed E-state index contributed by atoms with van der Waals surface area (Å²) in [6, 6.07) is 3.75. The number of nitrogens with zero attached hydrogens (tertiary/aromatic N) is 1. The van der Waals surface area contributed by atoms with Crippen LogP contribution in [0.3, 0.4) is 0 Å². The number of amides is 1. The highest BCUT2D eigenvalue weighted by molar-refractivity contribution is 5.95. The first-order valence-electron chi connectivity index (χ1n) is 7.30. The van der Waals surface area contributed by atoms with Gasteiger partial charge in [-0.1, -0.05) is 33.1 Å². The van der Waals surface area contributed by atoms with E-state index in [9.17, 15) is 4.79 Å². The molecule has 19 heavy (non-hydrogen) atoms. The summed E-state index contributed by atoms with van der Waals surface area (Å²) in [6.45, 7) is 8.98. The fourth-order valence-corrected chi connectivity index (χ4v) is 2.20. The normalized spacial score (nSPS) is 12.2. The third-order valence-electron chi connectivity index (χ3n) is 3.56. The van der Waals surface area contributed by atoms with E-state index in [1.165, 1.54) is 19.3 Å². The van der Waals surface area contributed by atoms with Crippen LogP contribution in [0.5, 0.6) is 0 Å². The number of rotatable bonds is 7. The number of pyridine rings is 1. The minimum absolute atomic E-state index is 0.0000477. The Hall–Kier alpha value is -1.38. The molecule has 1 amide bonds. The van der Waals surface area contributed by atoms with E-state index in [2.05, 4.69) is 24.1 Å². The smallest absolute Gasteiger partial charge is 0.253 e. The van der Waals surface area contributed by atoms with Crippen LogP contribution in [0.25, 0.3) is 0 Å². The molecule has 1 unspecified atom stereocenters. The van der Waals surface area contributed by atoms with Crippen LogP contribution in [0.15, 0.2) is 12.1 Å². The van der Waals surface area contributed by atoms with Crippen LogP contribution in [0, 0.1) is 19.8 Å². The fraction of sp³-hybridized carbons (Fsp3) is 0.625. The van der Waals surface area contributed by atoms with Gasteiger partial charge in [0.2, 0.25) is 0 Å². The van der Waals surface area contributed by atoms with Crippen LogP contribution < -0.4 is 5.32 Å². The lowest BCUT2D eigenvalue weighted by Gasteiger charge is -2.15. The molecule has 0 spiro atoms. The maximum atomic E-state index is 12.1. The van der Waals surface area contributed by atoms with E-state index in [1.807, 2.05) is 26.0 Å². The van der Waals surface area contributed by atoms with Crippen molar-refractivity contribution in [2.45, 2.75) is 53.4 Å². The Morgan fingerprint density at radius 1 is 1.32 bits per heavy atom. The summed E-state index contributed by atoms with van der Waals surface area (Å²) >= 11 is 0. The Morgan fingerprint density at radius 2 is 2.05 bits per heavy atom. The van der Waals surface area contributed by atoms with E-state index in [-0.39, 0.29) is 5.91 Å². The van der Waals surface area contributed by atoms with Crippen molar-refractivity contribution in [2.75, 3.05) is 6.54 Å². The van der Waals surface area contributed by atoms with Crippen LogP contribution in [0.2, 0.25) is 0 Å². The molecule has 0 saturated carbocycles. The van der Waals surface area contributed by atoms with E-state index in [1.54, 1.807) is 0 Å². The summed E-state index contributed by atoms with van der Waals surface area (Å²) in [4.78, 5) is 16.5. The van der Waals surface area contributed by atoms with Gasteiger partial charge >= 0.3 is 0 Å². The van der Waals surface area contributed by atoms with E-state index in [0.717, 1.165) is 24.4 Å². The molecule has 106 valence electrons. The highest BCUT2D eigenvalue weighted by atomic mass is 16.1. The predicted molar refractivity (Wildman–Crippen MR) is 79.4 cm³/mol. The number of hydrogen-bond acceptors (Lipinski definition) is 2. The molecule has 0 aromatic carbocycles. The number of nitrogens with one attached hydrogen (secondary N) is 1. The Balaban J connectivity index is 2.54. The van der Waals surface area contributed by atoms with Gasteiger partial charge in [0.15, 0.2) is 0 Å². The van der Waals surface area contributed by atoms with Crippen molar-refractivity contribution in [1.29, 1.82) is 0 Å². The molecule has 1 atom stereocenters. The van der Waals surface area contributed by atoms with Gasteiger partial charge < -0.3 is 5.32 Å². The van der Waals surface area contributed by atoms with Crippen molar-refractivity contribution in [2.24, 2.45) is 5.92 Å². The Labute approximate surface area is 116 Å². The minimum Gasteiger partial charge on any atom is -0.352 e. The number of unbranched alkanes of at least 4 members (excludes halogenated alkanes) is 1. The second-order valence-corrected chi connectivity index (χ2v) is 5.21. The molecular weight excluding hydrogens is 236 g/mol. The minimum atomic E-state index is -0.0000477. The van der Waals surface area contributed by atoms with E-state index in [0.29, 0.717) is 11.5 Å². The highest BCUT2D eigenvalue weighted by Gasteiger charge is 2.12. The summed E-state index contributed by atoms with van der Waals surface area (Å²) < 4.78 is 0. The average molecular weight is 262 g/mol. The monoisotopic (exact) mass is 262 g/mol. The van der Waals surface area contributed by atoms with Crippen molar-refractivity contribution < 1.29 is 4.79 Å². The fourth-order valence-electron chi connectivity index (χ4n) is 2.20. The second kappa shape index (κ2) is 7.93. The number of carbonyl (C=O) groups is 1. The molecule has 0 aliphatic carbocycles. The molecule has 0 radical (unpaired) electrons. The molecule has 1 rings (SSSR count). The molecule has 0 bridgehead atoms. The van der Waals surface area contributed by atoms with Gasteiger partial charge in [0.25, 0.3) is 5.91 Å². The van der Waals surface area contributed by atoms with Gasteiger partial charge in [-0.2, -0.15) is 0 Å². The van der Waals surface area contributed by atoms with Crippen LogP contribution >= 0.6 is 0 Å². The zero-order valence-corrected chi connectivity index (χ0v) is 12.6. The lowest BCUT2D eigenvalue weighted by Crippen LogP contribution is -2.29. The second-order valence-electron chi connectivity index (χ2n) is 5.21. The van der Waals surface area contributed by atoms with Gasteiger partial charge in [-0.25, -0.2) is 0 Å². The highest BCUT2D eigenvalue weighted by Crippen LogP contribution is 2.12. The van der Waals surface area contributed by atoms with Gasteiger partial charge in [0.05, 0.1) is 11.3 Å². The zero-order chi connectivity index (χ0) is 14.3. The third kappa shape index (κ3) is 5.01. The Kier molecular flexibility index (Phi) is 6.54. The lowest BCUT2D eigenvalue weighted by atomic mass is 9.99. The van der Waals surface area contributed by atoms with Crippen LogP contribution in [0.1, 0.15) is 61.3 Å². The molecule has 0 aliphatic heterocycles. The third-order valence-corrected chi connectivity index (χ3v) is 3.56. The first-order chi connectivity index (χ1) is 9.08. The van der Waals surface area contributed by atoms with Crippen molar-refractivity contribution in [1.82, 2.24) is 10.3 Å². The summed E-state index contributed by atoms with van der Waals surface area (Å²) in [6.07, 6.45) is 4.76. The summed E-state index contributed by atoms with van der Waals surface area (Å²) in [5.74, 6) is 0.586. The van der Waals surface area contributed by atoms with E-state index < -0.39 is 0 Å². The quantitative estimate of drug-likeness (QED) is 0.815. The number of hydrogen-bond donors (Lipinski definition) is 1. The van der Waals surface area contributed by atoms with Crippen LogP contribution in [0.4, 0.5) is 0 Å². The van der Waals surface area contributed by atoms with Crippen molar-refractivity contribution in [3.63, 3.8) is 0 Å². The van der Waals surface area contributed by atoms with Crippen molar-refractivity contribution in [3.05, 3.63) is 29.1 Å². The van der Waals surface area contributed by atoms with Gasteiger partial charge in [0, 0.05) is 12.2 Å². The number of carbonyl (C=O) groups excluding carboxylic acids is 1. The standard InChI is InChI=1S/C16H26N2O/c1-5-7-8-14(6-2)11-17-16(19)15-10-9-12(3)18-13(15)4/h9-10,14H,5-8,11H2,1-4H3,(H,17,19). The summed E-state index contributed by atoms with van der Waals surface area (Å²) in [5.41, 5.74) is 2.44. The largest absolute Gasteiger partial charge is 0.352 e. The maximum Gasteiger partial charge on any atom is 0.253 e. The lowest BCUT2D eigenvalue weighted by molar-refractivity contribution is 0.0945. The molecule has 0 fully saturated rings. The molecular formula is C16H26N2O. The van der Waals surface area contributed by atoms with E-state index in [4.69, 9.17) is 0 Å². The predicted octanol–water partition coefficient (Wildman–Crippen LogP) is 3.64. The number of aryl methyl sites for hydroxylation is 2. The maximum absolute atomic E-state index is 12.1. The number of aromatic nitrogens is 1. The zero-order valence-electron chi connectivity index (χ0n) is 12.6. The molecule has 1 heterocycles. The topological polar surface area (TPSA) is 42.0 Å². The first kappa shape index (κ1) is 15.7. The van der Waals surface area contributed by atoms with Crippen molar-refractivity contribution >= 4 is 5.91 Å². The molecule has 3 heteroatoms. The summed E-state index contributed by atoms with van der Waals surface area (Å²) in [5, 5.41) is 3.04. The summed E-state index contributed by atoms with van der Waals surface area (Å²) in [7, 11) is 0. The van der Waals surface area contributed by atoms with Gasteiger partial charge in [-0.3, -0.25) is 9.78 Å². The van der Waals surface area contributed by atoms with Crippen LogP contribution in [-0.2, 0) is 0 Å². The van der Waals surface area contributed by atoms with Crippen LogP contribution in [-0.4, -0.2) is 17.4 Å². The molecule has 0 aliphatic rings. The molecule has 3 nitrogen and oxygen atoms in total. The van der Waals surface area contributed by atoms with Crippen molar-refractivity contribution in [3.8, 4) is 0 Å². The SMILES string of the molecule is CCCCC(CC)CNC(=O)c1ccc(C)nc1C. The van der Waals surface area contributed by atoms with Gasteiger partial charge in [0.1, 0.15) is 0 Å². The van der Waals surface area contributed by atoms with E-state index >= 15 is 0 Å². The Morgan fingerprint density at radius 3 is 2.63 bits per heavy atom. The first-order valence-corrected chi connectivity index (χ1v) is 7.30. The molecule has 1 aromatic heterocycles. The average Bonchev–Trinajstić information content (AvgIpc) is 2.38. The van der Waals surface area contributed by atoms with Gasteiger partial charge in [-0.15, -0.1) is 0 Å². The van der Waals surface area contributed by atoms with Gasteiger partial charge in [-0.05, 0) is 38.3 Å². The molecule has 1 aromatic rings. The molecule has 1 N–H and O–H groups in total. The molecule has 0 saturated heterocycles.